The lowest BCUT2D eigenvalue weighted by Gasteiger charge is -2.26. The molecule has 0 N–H and O–H groups in total. The molecule has 1 aliphatic rings. The van der Waals surface area contributed by atoms with E-state index in [-0.39, 0.29) is 5.41 Å². The Bertz CT molecular complexity index is 4620. The molecular weight excluding hydrogens is 943 g/mol. The smallest absolute Gasteiger partial charge is 0.0541 e. The molecular formula is C75H53N3. The average Bonchev–Trinajstić information content (AvgIpc) is 4.11. The first-order valence-electron chi connectivity index (χ1n) is 27.1. The molecule has 0 unspecified atom stereocenters. The van der Waals surface area contributed by atoms with Crippen LogP contribution in [0.2, 0.25) is 0 Å². The Morgan fingerprint density at radius 2 is 0.705 bits per heavy atom. The first-order chi connectivity index (χ1) is 38.4. The predicted molar refractivity (Wildman–Crippen MR) is 329 cm³/mol. The third-order valence-corrected chi connectivity index (χ3v) is 16.5. The number of hydrogen-bond acceptors (Lipinski definition) is 1. The molecule has 0 atom stereocenters. The third kappa shape index (κ3) is 7.42. The monoisotopic (exact) mass is 995 g/mol. The topological polar surface area (TPSA) is 13.1 Å². The SMILES string of the molecule is CC1(C)c2ccccc2-c2cc(-n3c4ccccc4c4cc(-c5cc(-c6ccc(N(c7ccccc7)c7cccc(-c8ccccc8)c7)cc6)cc(-c6ccc7c(c6)c6ccccc6n7-c6ccccc6)c5)ccc43)ccc21. The van der Waals surface area contributed by atoms with Crippen molar-refractivity contribution in [2.75, 3.05) is 4.90 Å². The van der Waals surface area contributed by atoms with Crippen molar-refractivity contribution >= 4 is 60.7 Å². The third-order valence-electron chi connectivity index (χ3n) is 16.5. The molecule has 0 amide bonds. The van der Waals surface area contributed by atoms with Crippen LogP contribution in [-0.4, -0.2) is 9.13 Å². The second-order valence-electron chi connectivity index (χ2n) is 21.3. The highest BCUT2D eigenvalue weighted by Gasteiger charge is 2.35. The molecule has 14 aromatic rings. The molecule has 12 aromatic carbocycles. The van der Waals surface area contributed by atoms with Crippen LogP contribution in [0.1, 0.15) is 25.0 Å². The van der Waals surface area contributed by atoms with Gasteiger partial charge in [0.1, 0.15) is 0 Å². The Kier molecular flexibility index (Phi) is 10.6. The van der Waals surface area contributed by atoms with E-state index in [1.54, 1.807) is 0 Å². The van der Waals surface area contributed by atoms with Gasteiger partial charge >= 0.3 is 0 Å². The lowest BCUT2D eigenvalue weighted by Crippen LogP contribution is -2.14. The molecule has 78 heavy (non-hydrogen) atoms. The van der Waals surface area contributed by atoms with Crippen LogP contribution in [-0.2, 0) is 5.41 Å². The van der Waals surface area contributed by atoms with Gasteiger partial charge in [0.15, 0.2) is 0 Å². The number of hydrogen-bond donors (Lipinski definition) is 0. The average molecular weight is 996 g/mol. The Hall–Kier alpha value is -9.96. The van der Waals surface area contributed by atoms with Crippen LogP contribution in [0.3, 0.4) is 0 Å². The van der Waals surface area contributed by atoms with E-state index in [0.29, 0.717) is 0 Å². The lowest BCUT2D eigenvalue weighted by atomic mass is 9.82. The van der Waals surface area contributed by atoms with Crippen LogP contribution in [0.25, 0.3) is 111 Å². The van der Waals surface area contributed by atoms with Crippen molar-refractivity contribution in [2.24, 2.45) is 0 Å². The highest BCUT2D eigenvalue weighted by molar-refractivity contribution is 6.12. The normalized spacial score (nSPS) is 12.6. The van der Waals surface area contributed by atoms with E-state index < -0.39 is 0 Å². The van der Waals surface area contributed by atoms with E-state index in [1.165, 1.54) is 93.8 Å². The number of rotatable bonds is 9. The molecule has 0 radical (unpaired) electrons. The van der Waals surface area contributed by atoms with Crippen molar-refractivity contribution in [1.29, 1.82) is 0 Å². The van der Waals surface area contributed by atoms with Crippen molar-refractivity contribution in [1.82, 2.24) is 9.13 Å². The first-order valence-corrected chi connectivity index (χ1v) is 27.1. The zero-order chi connectivity index (χ0) is 51.9. The fraction of sp³-hybridized carbons (Fsp3) is 0.0400. The van der Waals surface area contributed by atoms with Gasteiger partial charge in [0.25, 0.3) is 0 Å². The number of nitrogens with zero attached hydrogens (tertiary/aromatic N) is 3. The molecule has 15 rings (SSSR count). The number of para-hydroxylation sites is 4. The zero-order valence-corrected chi connectivity index (χ0v) is 43.5. The molecule has 2 aromatic heterocycles. The van der Waals surface area contributed by atoms with Crippen molar-refractivity contribution in [3.63, 3.8) is 0 Å². The van der Waals surface area contributed by atoms with E-state index in [9.17, 15) is 0 Å². The van der Waals surface area contributed by atoms with E-state index >= 15 is 0 Å². The summed E-state index contributed by atoms with van der Waals surface area (Å²) in [5, 5.41) is 4.93. The molecule has 0 saturated heterocycles. The molecule has 1 aliphatic carbocycles. The van der Waals surface area contributed by atoms with Gasteiger partial charge in [-0.15, -0.1) is 0 Å². The molecule has 0 fully saturated rings. The van der Waals surface area contributed by atoms with Gasteiger partial charge < -0.3 is 14.0 Å². The number of fused-ring (bicyclic) bond motifs is 9. The standard InChI is InChI=1S/C75H53N3/c1-75(2)69-30-15-12-27-63(69)66-49-62(39-40-70(66)75)78-72-32-17-14-29-65(72)68-48-54(36-42-74(68)78)57-44-55(43-56(45-57)53-35-41-73-67(47-53)64-28-13-16-31-71(64)77(73)59-24-10-5-11-25-59)51-33-37-60(38-34-51)76(58-22-8-4-9-23-58)61-26-18-21-52(46-61)50-19-6-3-7-20-50/h3-49H,1-2H3. The number of benzene rings is 12. The van der Waals surface area contributed by atoms with E-state index in [0.717, 1.165) is 45.0 Å². The van der Waals surface area contributed by atoms with E-state index in [2.05, 4.69) is 313 Å². The Morgan fingerprint density at radius 3 is 1.36 bits per heavy atom. The van der Waals surface area contributed by atoms with Gasteiger partial charge in [0.05, 0.1) is 22.1 Å². The van der Waals surface area contributed by atoms with Crippen molar-refractivity contribution < 1.29 is 0 Å². The summed E-state index contributed by atoms with van der Waals surface area (Å²) in [5.41, 5.74) is 25.1. The Labute approximate surface area is 454 Å². The van der Waals surface area contributed by atoms with Crippen LogP contribution in [0.15, 0.2) is 285 Å². The van der Waals surface area contributed by atoms with Crippen LogP contribution in [0.5, 0.6) is 0 Å². The quantitative estimate of drug-likeness (QED) is 0.140. The molecule has 0 saturated carbocycles. The summed E-state index contributed by atoms with van der Waals surface area (Å²) >= 11 is 0. The maximum absolute atomic E-state index is 2.46. The van der Waals surface area contributed by atoms with Crippen molar-refractivity contribution in [2.45, 2.75) is 19.3 Å². The molecule has 0 bridgehead atoms. The minimum absolute atomic E-state index is 0.0553. The largest absolute Gasteiger partial charge is 0.310 e. The Morgan fingerprint density at radius 1 is 0.256 bits per heavy atom. The van der Waals surface area contributed by atoms with Crippen LogP contribution in [0.4, 0.5) is 17.1 Å². The fourth-order valence-corrected chi connectivity index (χ4v) is 12.7. The lowest BCUT2D eigenvalue weighted by molar-refractivity contribution is 0.660. The van der Waals surface area contributed by atoms with Crippen molar-refractivity contribution in [3.05, 3.63) is 296 Å². The minimum atomic E-state index is -0.0553. The van der Waals surface area contributed by atoms with Gasteiger partial charge in [-0.1, -0.05) is 184 Å². The molecule has 3 heteroatoms. The van der Waals surface area contributed by atoms with Gasteiger partial charge in [0, 0.05) is 55.4 Å². The maximum Gasteiger partial charge on any atom is 0.0541 e. The number of aromatic nitrogens is 2. The summed E-state index contributed by atoms with van der Waals surface area (Å²) in [6.07, 6.45) is 0. The van der Waals surface area contributed by atoms with E-state index in [4.69, 9.17) is 0 Å². The molecule has 0 aliphatic heterocycles. The summed E-state index contributed by atoms with van der Waals surface area (Å²) < 4.78 is 4.85. The second kappa shape index (κ2) is 18.1. The van der Waals surface area contributed by atoms with Crippen LogP contribution >= 0.6 is 0 Å². The maximum atomic E-state index is 2.46. The Balaban J connectivity index is 0.886. The first kappa shape index (κ1) is 45.4. The second-order valence-corrected chi connectivity index (χ2v) is 21.3. The molecule has 2 heterocycles. The minimum Gasteiger partial charge on any atom is -0.310 e. The van der Waals surface area contributed by atoms with Gasteiger partial charge in [-0.05, 0) is 182 Å². The van der Waals surface area contributed by atoms with Crippen LogP contribution < -0.4 is 4.90 Å². The summed E-state index contributed by atoms with van der Waals surface area (Å²) in [6, 6.07) is 105. The predicted octanol–water partition coefficient (Wildman–Crippen LogP) is 20.3. The summed E-state index contributed by atoms with van der Waals surface area (Å²) in [4.78, 5) is 2.35. The summed E-state index contributed by atoms with van der Waals surface area (Å²) in [7, 11) is 0. The highest BCUT2D eigenvalue weighted by Crippen LogP contribution is 2.50. The highest BCUT2D eigenvalue weighted by atomic mass is 15.1. The van der Waals surface area contributed by atoms with E-state index in [1.807, 2.05) is 0 Å². The fourth-order valence-electron chi connectivity index (χ4n) is 12.7. The molecule has 368 valence electrons. The summed E-state index contributed by atoms with van der Waals surface area (Å²) in [6.45, 7) is 4.70. The van der Waals surface area contributed by atoms with Gasteiger partial charge in [-0.25, -0.2) is 0 Å². The zero-order valence-electron chi connectivity index (χ0n) is 43.5. The number of anilines is 3. The summed E-state index contributed by atoms with van der Waals surface area (Å²) in [5.74, 6) is 0. The van der Waals surface area contributed by atoms with Gasteiger partial charge in [-0.2, -0.15) is 0 Å². The molecule has 0 spiro atoms. The molecule has 3 nitrogen and oxygen atoms in total. The van der Waals surface area contributed by atoms with Crippen molar-refractivity contribution in [3.8, 4) is 67.0 Å². The van der Waals surface area contributed by atoms with Gasteiger partial charge in [-0.3, -0.25) is 0 Å². The van der Waals surface area contributed by atoms with Crippen LogP contribution in [0, 0.1) is 0 Å². The van der Waals surface area contributed by atoms with Gasteiger partial charge in [0.2, 0.25) is 0 Å².